The third-order valence-electron chi connectivity index (χ3n) is 5.57. The summed E-state index contributed by atoms with van der Waals surface area (Å²) in [6, 6.07) is 16.8. The van der Waals surface area contributed by atoms with Gasteiger partial charge in [-0.25, -0.2) is 0 Å². The van der Waals surface area contributed by atoms with Crippen LogP contribution >= 0.6 is 11.6 Å². The number of unbranched alkanes of at least 4 members (excludes halogenated alkanes) is 3. The maximum absolute atomic E-state index is 13.1. The van der Waals surface area contributed by atoms with E-state index in [1.54, 1.807) is 13.0 Å². The van der Waals surface area contributed by atoms with E-state index in [1.165, 1.54) is 4.90 Å². The van der Waals surface area contributed by atoms with E-state index in [-0.39, 0.29) is 11.5 Å². The molecule has 0 spiro atoms. The van der Waals surface area contributed by atoms with E-state index in [1.807, 2.05) is 54.6 Å². The van der Waals surface area contributed by atoms with Crippen LogP contribution < -0.4 is 4.74 Å². The minimum Gasteiger partial charge on any atom is -0.489 e. The second-order valence-electron chi connectivity index (χ2n) is 7.98. The molecule has 0 N–H and O–H groups in total. The van der Waals surface area contributed by atoms with Gasteiger partial charge in [0.15, 0.2) is 0 Å². The topological polar surface area (TPSA) is 70.4 Å². The number of carbonyl (C=O) groups excluding carboxylic acids is 2. The van der Waals surface area contributed by atoms with Gasteiger partial charge < -0.3 is 4.74 Å². The molecule has 0 saturated heterocycles. The fourth-order valence-corrected chi connectivity index (χ4v) is 3.73. The Labute approximate surface area is 199 Å². The molecule has 2 amide bonds. The first kappa shape index (κ1) is 24.3. The molecule has 33 heavy (non-hydrogen) atoms. The van der Waals surface area contributed by atoms with Crippen LogP contribution in [0.25, 0.3) is 6.08 Å². The highest BCUT2D eigenvalue weighted by atomic mass is 35.5. The monoisotopic (exact) mass is 462 g/mol. The van der Waals surface area contributed by atoms with Gasteiger partial charge in [0, 0.05) is 17.1 Å². The normalized spacial score (nSPS) is 15.2. The van der Waals surface area contributed by atoms with E-state index in [0.29, 0.717) is 35.1 Å². The van der Waals surface area contributed by atoms with Gasteiger partial charge in [-0.1, -0.05) is 62.1 Å². The van der Waals surface area contributed by atoms with Crippen molar-refractivity contribution in [3.8, 4) is 11.8 Å². The molecule has 0 aromatic heterocycles. The van der Waals surface area contributed by atoms with Gasteiger partial charge in [0.25, 0.3) is 11.8 Å². The number of hydrogen-bond donors (Lipinski definition) is 0. The largest absolute Gasteiger partial charge is 0.489 e. The third kappa shape index (κ3) is 6.12. The number of halogens is 1. The van der Waals surface area contributed by atoms with Crippen molar-refractivity contribution in [2.75, 3.05) is 6.54 Å². The van der Waals surface area contributed by atoms with Crippen molar-refractivity contribution in [3.05, 3.63) is 81.4 Å². The number of ether oxygens (including phenoxy) is 1. The first-order valence-electron chi connectivity index (χ1n) is 11.1. The second-order valence-corrected chi connectivity index (χ2v) is 8.41. The van der Waals surface area contributed by atoms with E-state index in [9.17, 15) is 14.9 Å². The number of rotatable bonds is 9. The summed E-state index contributed by atoms with van der Waals surface area (Å²) >= 11 is 5.91. The molecule has 0 saturated carbocycles. The molecule has 3 rings (SSSR count). The van der Waals surface area contributed by atoms with Crippen molar-refractivity contribution in [3.63, 3.8) is 0 Å². The zero-order chi connectivity index (χ0) is 23.8. The molecule has 6 heteroatoms. The van der Waals surface area contributed by atoms with Gasteiger partial charge in [-0.05, 0) is 60.4 Å². The van der Waals surface area contributed by atoms with Gasteiger partial charge in [-0.3, -0.25) is 14.5 Å². The second kappa shape index (κ2) is 11.5. The number of carbonyl (C=O) groups is 2. The van der Waals surface area contributed by atoms with Crippen LogP contribution in [0.4, 0.5) is 0 Å². The molecule has 2 aromatic rings. The lowest BCUT2D eigenvalue weighted by atomic mass is 9.93. The maximum Gasteiger partial charge on any atom is 0.271 e. The number of imide groups is 1. The zero-order valence-corrected chi connectivity index (χ0v) is 19.7. The lowest BCUT2D eigenvalue weighted by molar-refractivity contribution is -0.140. The SMILES string of the molecule is CCCCCCN1C(=O)C(C#N)=C(C)/C(=C\c2ccc(OCc3ccc(Cl)cc3)cc2)C1=O. The smallest absolute Gasteiger partial charge is 0.271 e. The summed E-state index contributed by atoms with van der Waals surface area (Å²) in [4.78, 5) is 27.0. The van der Waals surface area contributed by atoms with Gasteiger partial charge in [0.2, 0.25) is 0 Å². The molecule has 2 aromatic carbocycles. The van der Waals surface area contributed by atoms with Crippen LogP contribution in [0.5, 0.6) is 5.75 Å². The van der Waals surface area contributed by atoms with Crippen molar-refractivity contribution < 1.29 is 14.3 Å². The molecular weight excluding hydrogens is 436 g/mol. The van der Waals surface area contributed by atoms with E-state index in [0.717, 1.165) is 36.8 Å². The Morgan fingerprint density at radius 1 is 1.00 bits per heavy atom. The van der Waals surface area contributed by atoms with Crippen molar-refractivity contribution >= 4 is 29.5 Å². The molecule has 0 aliphatic carbocycles. The molecule has 5 nitrogen and oxygen atoms in total. The number of nitrogens with zero attached hydrogens (tertiary/aromatic N) is 2. The first-order valence-corrected chi connectivity index (χ1v) is 11.5. The minimum absolute atomic E-state index is 0.0271. The summed E-state index contributed by atoms with van der Waals surface area (Å²) in [6.45, 7) is 4.49. The fourth-order valence-electron chi connectivity index (χ4n) is 3.60. The summed E-state index contributed by atoms with van der Waals surface area (Å²) in [5.41, 5.74) is 2.61. The molecule has 1 aliphatic rings. The van der Waals surface area contributed by atoms with Gasteiger partial charge in [-0.2, -0.15) is 5.26 Å². The van der Waals surface area contributed by atoms with E-state index in [2.05, 4.69) is 6.92 Å². The van der Waals surface area contributed by atoms with Crippen LogP contribution in [0.3, 0.4) is 0 Å². The zero-order valence-electron chi connectivity index (χ0n) is 18.9. The number of amides is 2. The van der Waals surface area contributed by atoms with Gasteiger partial charge in [0.05, 0.1) is 0 Å². The molecule has 1 heterocycles. The summed E-state index contributed by atoms with van der Waals surface area (Å²) in [7, 11) is 0. The summed E-state index contributed by atoms with van der Waals surface area (Å²) < 4.78 is 5.81. The number of hydrogen-bond acceptors (Lipinski definition) is 4. The minimum atomic E-state index is -0.500. The average Bonchev–Trinajstić information content (AvgIpc) is 2.82. The Kier molecular flexibility index (Phi) is 8.46. The summed E-state index contributed by atoms with van der Waals surface area (Å²) in [6.07, 6.45) is 5.51. The van der Waals surface area contributed by atoms with Crippen LogP contribution in [-0.2, 0) is 16.2 Å². The van der Waals surface area contributed by atoms with Crippen molar-refractivity contribution in [1.82, 2.24) is 4.90 Å². The Morgan fingerprint density at radius 2 is 1.70 bits per heavy atom. The van der Waals surface area contributed by atoms with E-state index in [4.69, 9.17) is 16.3 Å². The molecule has 0 bridgehead atoms. The molecule has 0 atom stereocenters. The van der Waals surface area contributed by atoms with E-state index >= 15 is 0 Å². The van der Waals surface area contributed by atoms with Gasteiger partial charge >= 0.3 is 0 Å². The summed E-state index contributed by atoms with van der Waals surface area (Å²) in [5.74, 6) is -0.157. The predicted octanol–water partition coefficient (Wildman–Crippen LogP) is 6.09. The highest BCUT2D eigenvalue weighted by Gasteiger charge is 2.34. The van der Waals surface area contributed by atoms with Crippen molar-refractivity contribution in [2.24, 2.45) is 0 Å². The van der Waals surface area contributed by atoms with Crippen LogP contribution in [0.15, 0.2) is 65.3 Å². The maximum atomic E-state index is 13.1. The summed E-state index contributed by atoms with van der Waals surface area (Å²) in [5, 5.41) is 10.2. The molecule has 170 valence electrons. The van der Waals surface area contributed by atoms with Crippen molar-refractivity contribution in [2.45, 2.75) is 46.1 Å². The van der Waals surface area contributed by atoms with Gasteiger partial charge in [0.1, 0.15) is 24.0 Å². The Hall–Kier alpha value is -3.36. The van der Waals surface area contributed by atoms with Crippen LogP contribution in [0, 0.1) is 11.3 Å². The lowest BCUT2D eigenvalue weighted by Gasteiger charge is -2.27. The molecule has 0 fully saturated rings. The third-order valence-corrected chi connectivity index (χ3v) is 5.82. The standard InChI is InChI=1S/C27H27ClN2O3/c1-3-4-5-6-15-30-26(31)24(19(2)25(17-29)27(30)32)16-20-9-13-23(14-10-20)33-18-21-7-11-22(28)12-8-21/h7-14,16H,3-6,15,18H2,1-2H3/b24-16+. The lowest BCUT2D eigenvalue weighted by Crippen LogP contribution is -2.43. The van der Waals surface area contributed by atoms with Crippen LogP contribution in [-0.4, -0.2) is 23.3 Å². The molecule has 1 aliphatic heterocycles. The molecule has 0 radical (unpaired) electrons. The number of benzene rings is 2. The Morgan fingerprint density at radius 3 is 2.33 bits per heavy atom. The molecular formula is C27H27ClN2O3. The number of nitriles is 1. The van der Waals surface area contributed by atoms with Gasteiger partial charge in [-0.15, -0.1) is 0 Å². The van der Waals surface area contributed by atoms with Crippen LogP contribution in [0.2, 0.25) is 5.02 Å². The Bertz CT molecular complexity index is 1110. The van der Waals surface area contributed by atoms with E-state index < -0.39 is 5.91 Å². The highest BCUT2D eigenvalue weighted by molar-refractivity contribution is 6.30. The fraction of sp³-hybridized carbons (Fsp3) is 0.296. The average molecular weight is 463 g/mol. The Balaban J connectivity index is 1.76. The van der Waals surface area contributed by atoms with Crippen molar-refractivity contribution in [1.29, 1.82) is 5.26 Å². The van der Waals surface area contributed by atoms with Crippen LogP contribution in [0.1, 0.15) is 50.7 Å². The first-order chi connectivity index (χ1) is 15.9. The molecule has 0 unspecified atom stereocenters. The highest BCUT2D eigenvalue weighted by Crippen LogP contribution is 2.28. The quantitative estimate of drug-likeness (QED) is 0.257. The predicted molar refractivity (Wildman–Crippen MR) is 129 cm³/mol.